The van der Waals surface area contributed by atoms with Crippen LogP contribution in [0.25, 0.3) is 0 Å². The van der Waals surface area contributed by atoms with Crippen LogP contribution >= 0.6 is 0 Å². The number of ether oxygens (including phenoxy) is 1. The second-order valence-corrected chi connectivity index (χ2v) is 5.59. The third-order valence-electron chi connectivity index (χ3n) is 3.91. The number of amides is 2. The SMILES string of the molecule is CCOCCC(=O)NC1CCN(C(=O)c2ccccc2)CC1O. The maximum absolute atomic E-state index is 12.4. The Morgan fingerprint density at radius 1 is 1.35 bits per heavy atom. The van der Waals surface area contributed by atoms with Crippen LogP contribution in [0.2, 0.25) is 0 Å². The highest BCUT2D eigenvalue weighted by Gasteiger charge is 2.31. The largest absolute Gasteiger partial charge is 0.389 e. The number of aliphatic hydroxyl groups is 1. The highest BCUT2D eigenvalue weighted by atomic mass is 16.5. The van der Waals surface area contributed by atoms with E-state index in [1.54, 1.807) is 17.0 Å². The van der Waals surface area contributed by atoms with E-state index >= 15 is 0 Å². The van der Waals surface area contributed by atoms with Crippen LogP contribution in [0.4, 0.5) is 0 Å². The molecular formula is C17H24N2O4. The first kappa shape index (κ1) is 17.4. The number of β-amino-alcohol motifs (C(OH)–C–C–N with tert-alkyl or cyclic N) is 1. The van der Waals surface area contributed by atoms with E-state index in [-0.39, 0.29) is 30.8 Å². The number of piperidine rings is 1. The lowest BCUT2D eigenvalue weighted by atomic mass is 10.0. The molecular weight excluding hydrogens is 296 g/mol. The monoisotopic (exact) mass is 320 g/mol. The summed E-state index contributed by atoms with van der Waals surface area (Å²) in [4.78, 5) is 25.8. The number of likely N-dealkylation sites (tertiary alicyclic amines) is 1. The average molecular weight is 320 g/mol. The molecule has 1 heterocycles. The summed E-state index contributed by atoms with van der Waals surface area (Å²) in [5.74, 6) is -0.226. The Kier molecular flexibility index (Phi) is 6.55. The molecule has 0 saturated carbocycles. The summed E-state index contributed by atoms with van der Waals surface area (Å²) < 4.78 is 5.14. The van der Waals surface area contributed by atoms with E-state index in [9.17, 15) is 14.7 Å². The highest BCUT2D eigenvalue weighted by molar-refractivity contribution is 5.94. The van der Waals surface area contributed by atoms with Gasteiger partial charge >= 0.3 is 0 Å². The minimum Gasteiger partial charge on any atom is -0.389 e. The summed E-state index contributed by atoms with van der Waals surface area (Å²) in [5.41, 5.74) is 0.610. The Hall–Kier alpha value is -1.92. The van der Waals surface area contributed by atoms with Crippen molar-refractivity contribution >= 4 is 11.8 Å². The van der Waals surface area contributed by atoms with Crippen molar-refractivity contribution in [2.45, 2.75) is 31.9 Å². The molecule has 6 heteroatoms. The molecule has 2 unspecified atom stereocenters. The summed E-state index contributed by atoms with van der Waals surface area (Å²) in [6, 6.07) is 8.69. The highest BCUT2D eigenvalue weighted by Crippen LogP contribution is 2.15. The van der Waals surface area contributed by atoms with E-state index in [1.165, 1.54) is 0 Å². The number of benzene rings is 1. The molecule has 2 N–H and O–H groups in total. The maximum atomic E-state index is 12.4. The van der Waals surface area contributed by atoms with Gasteiger partial charge in [-0.1, -0.05) is 18.2 Å². The first-order valence-corrected chi connectivity index (χ1v) is 8.01. The van der Waals surface area contributed by atoms with Gasteiger partial charge in [0.1, 0.15) is 0 Å². The summed E-state index contributed by atoms with van der Waals surface area (Å²) in [5, 5.41) is 13.0. The average Bonchev–Trinajstić information content (AvgIpc) is 2.57. The number of carbonyl (C=O) groups excluding carboxylic acids is 2. The lowest BCUT2D eigenvalue weighted by Gasteiger charge is -2.36. The lowest BCUT2D eigenvalue weighted by molar-refractivity contribution is -0.124. The van der Waals surface area contributed by atoms with Crippen molar-refractivity contribution in [2.75, 3.05) is 26.3 Å². The molecule has 23 heavy (non-hydrogen) atoms. The molecule has 1 aliphatic rings. The van der Waals surface area contributed by atoms with Crippen LogP contribution in [0.3, 0.4) is 0 Å². The molecule has 0 radical (unpaired) electrons. The van der Waals surface area contributed by atoms with Crippen molar-refractivity contribution in [3.05, 3.63) is 35.9 Å². The Balaban J connectivity index is 1.83. The van der Waals surface area contributed by atoms with Crippen LogP contribution in [0.1, 0.15) is 30.1 Å². The van der Waals surface area contributed by atoms with Crippen molar-refractivity contribution in [3.8, 4) is 0 Å². The molecule has 6 nitrogen and oxygen atoms in total. The predicted octanol–water partition coefficient (Wildman–Crippen LogP) is 0.805. The molecule has 1 saturated heterocycles. The van der Waals surface area contributed by atoms with E-state index in [4.69, 9.17) is 4.74 Å². The van der Waals surface area contributed by atoms with E-state index in [1.807, 2.05) is 25.1 Å². The number of carbonyl (C=O) groups is 2. The zero-order valence-corrected chi connectivity index (χ0v) is 13.4. The minimum atomic E-state index is -0.757. The summed E-state index contributed by atoms with van der Waals surface area (Å²) >= 11 is 0. The third kappa shape index (κ3) is 5.04. The van der Waals surface area contributed by atoms with Crippen molar-refractivity contribution in [3.63, 3.8) is 0 Å². The molecule has 0 aliphatic carbocycles. The van der Waals surface area contributed by atoms with Crippen molar-refractivity contribution in [1.29, 1.82) is 0 Å². The van der Waals surface area contributed by atoms with Crippen LogP contribution in [0, 0.1) is 0 Å². The van der Waals surface area contributed by atoms with Gasteiger partial charge in [0.25, 0.3) is 5.91 Å². The van der Waals surface area contributed by atoms with E-state index in [0.717, 1.165) is 0 Å². The quantitative estimate of drug-likeness (QED) is 0.760. The molecule has 0 aromatic heterocycles. The van der Waals surface area contributed by atoms with Gasteiger partial charge < -0.3 is 20.1 Å². The second kappa shape index (κ2) is 8.64. The van der Waals surface area contributed by atoms with Crippen molar-refractivity contribution < 1.29 is 19.4 Å². The third-order valence-corrected chi connectivity index (χ3v) is 3.91. The van der Waals surface area contributed by atoms with Gasteiger partial charge in [-0.3, -0.25) is 9.59 Å². The van der Waals surface area contributed by atoms with Crippen LogP contribution in [-0.4, -0.2) is 60.3 Å². The number of rotatable bonds is 6. The second-order valence-electron chi connectivity index (χ2n) is 5.59. The van der Waals surface area contributed by atoms with Gasteiger partial charge in [0.15, 0.2) is 0 Å². The van der Waals surface area contributed by atoms with Gasteiger partial charge in [-0.05, 0) is 25.5 Å². The smallest absolute Gasteiger partial charge is 0.253 e. The van der Waals surface area contributed by atoms with Gasteiger partial charge in [0.2, 0.25) is 5.91 Å². The fourth-order valence-corrected chi connectivity index (χ4v) is 2.64. The normalized spacial score (nSPS) is 21.0. The number of hydrogen-bond donors (Lipinski definition) is 2. The Bertz CT molecular complexity index is 521. The van der Waals surface area contributed by atoms with Crippen LogP contribution < -0.4 is 5.32 Å². The van der Waals surface area contributed by atoms with Crippen LogP contribution in [0.5, 0.6) is 0 Å². The molecule has 2 amide bonds. The Morgan fingerprint density at radius 2 is 2.09 bits per heavy atom. The van der Waals surface area contributed by atoms with Crippen LogP contribution in [0.15, 0.2) is 30.3 Å². The van der Waals surface area contributed by atoms with Gasteiger partial charge in [-0.25, -0.2) is 0 Å². The fourth-order valence-electron chi connectivity index (χ4n) is 2.64. The molecule has 1 aliphatic heterocycles. The van der Waals surface area contributed by atoms with Gasteiger partial charge in [0, 0.05) is 31.7 Å². The Labute approximate surface area is 136 Å². The van der Waals surface area contributed by atoms with E-state index in [0.29, 0.717) is 31.7 Å². The molecule has 0 bridgehead atoms. The zero-order valence-electron chi connectivity index (χ0n) is 13.4. The molecule has 1 aromatic rings. The molecule has 2 atom stereocenters. The lowest BCUT2D eigenvalue weighted by Crippen LogP contribution is -2.55. The van der Waals surface area contributed by atoms with Gasteiger partial charge in [0.05, 0.1) is 18.8 Å². The number of hydrogen-bond acceptors (Lipinski definition) is 4. The number of nitrogens with one attached hydrogen (secondary N) is 1. The summed E-state index contributed by atoms with van der Waals surface area (Å²) in [6.07, 6.45) is 0.0663. The first-order chi connectivity index (χ1) is 11.1. The van der Waals surface area contributed by atoms with Gasteiger partial charge in [-0.2, -0.15) is 0 Å². The fraction of sp³-hybridized carbons (Fsp3) is 0.529. The topological polar surface area (TPSA) is 78.9 Å². The zero-order chi connectivity index (χ0) is 16.7. The molecule has 2 rings (SSSR count). The summed E-state index contributed by atoms with van der Waals surface area (Å²) in [7, 11) is 0. The van der Waals surface area contributed by atoms with E-state index in [2.05, 4.69) is 5.32 Å². The number of aliphatic hydroxyl groups excluding tert-OH is 1. The van der Waals surface area contributed by atoms with Crippen molar-refractivity contribution in [2.24, 2.45) is 0 Å². The van der Waals surface area contributed by atoms with Crippen LogP contribution in [-0.2, 0) is 9.53 Å². The van der Waals surface area contributed by atoms with E-state index < -0.39 is 6.10 Å². The Morgan fingerprint density at radius 3 is 2.74 bits per heavy atom. The summed E-state index contributed by atoms with van der Waals surface area (Å²) in [6.45, 7) is 3.58. The van der Waals surface area contributed by atoms with Gasteiger partial charge in [-0.15, -0.1) is 0 Å². The minimum absolute atomic E-state index is 0.0919. The number of nitrogens with zero attached hydrogens (tertiary/aromatic N) is 1. The first-order valence-electron chi connectivity index (χ1n) is 8.01. The van der Waals surface area contributed by atoms with Crippen molar-refractivity contribution in [1.82, 2.24) is 10.2 Å². The molecule has 126 valence electrons. The standard InChI is InChI=1S/C17H24N2O4/c1-2-23-11-9-16(21)18-14-8-10-19(12-15(14)20)17(22)13-6-4-3-5-7-13/h3-7,14-15,20H,2,8-12H2,1H3,(H,18,21). The molecule has 1 aromatic carbocycles. The molecule has 0 spiro atoms. The maximum Gasteiger partial charge on any atom is 0.253 e. The molecule has 1 fully saturated rings. The predicted molar refractivity (Wildman–Crippen MR) is 86.0 cm³/mol.